The van der Waals surface area contributed by atoms with E-state index in [0.29, 0.717) is 22.7 Å². The lowest BCUT2D eigenvalue weighted by molar-refractivity contribution is 0.0691. The number of aromatic nitrogens is 2. The first-order valence-corrected chi connectivity index (χ1v) is 7.12. The number of nitrogens with zero attached hydrogens (tertiary/aromatic N) is 3. The molecule has 1 aromatic heterocycles. The molecule has 0 spiro atoms. The van der Waals surface area contributed by atoms with E-state index >= 15 is 0 Å². The lowest BCUT2D eigenvalue weighted by atomic mass is 10.1. The predicted octanol–water partition coefficient (Wildman–Crippen LogP) is 4.20. The van der Waals surface area contributed by atoms with Gasteiger partial charge >= 0.3 is 5.97 Å². The number of carboxylic acids is 1. The van der Waals surface area contributed by atoms with Crippen molar-refractivity contribution in [2.45, 2.75) is 0 Å². The normalized spacial score (nSPS) is 10.9. The first-order valence-electron chi connectivity index (χ1n) is 7.12. The fraction of sp³-hybridized carbons (Fsp3) is 0.0588. The van der Waals surface area contributed by atoms with E-state index in [1.54, 1.807) is 43.5 Å². The summed E-state index contributed by atoms with van der Waals surface area (Å²) in [6.45, 7) is 0. The number of aromatic amines is 1. The molecule has 2 N–H and O–H groups in total. The van der Waals surface area contributed by atoms with Crippen LogP contribution in [0.5, 0.6) is 5.75 Å². The molecule has 3 aromatic rings. The molecule has 7 nitrogen and oxygen atoms in total. The number of carboxylic acid groups (broad SMARTS) is 1. The lowest BCUT2D eigenvalue weighted by Gasteiger charge is -2.02. The van der Waals surface area contributed by atoms with E-state index in [0.717, 1.165) is 0 Å². The van der Waals surface area contributed by atoms with Gasteiger partial charge in [-0.05, 0) is 36.4 Å². The van der Waals surface area contributed by atoms with Gasteiger partial charge in [0.25, 0.3) is 0 Å². The Labute approximate surface area is 137 Å². The largest absolute Gasteiger partial charge is 0.497 e. The third kappa shape index (κ3) is 3.14. The number of ether oxygens (including phenoxy) is 1. The van der Waals surface area contributed by atoms with Crippen molar-refractivity contribution in [1.29, 1.82) is 0 Å². The maximum atomic E-state index is 11.4. The highest BCUT2D eigenvalue weighted by atomic mass is 16.5. The van der Waals surface area contributed by atoms with Crippen LogP contribution < -0.4 is 4.74 Å². The molecule has 0 saturated carbocycles. The standard InChI is InChI=1S/C17H14N4O3/c1-24-13-9-7-11(8-10-13)14-15(16(17(22)23)21-19-14)20-18-12-5-3-2-4-6-12/h2-10H,1H3,(H,19,21)(H,22,23). The van der Waals surface area contributed by atoms with Crippen LogP contribution >= 0.6 is 0 Å². The van der Waals surface area contributed by atoms with E-state index in [1.807, 2.05) is 18.2 Å². The topological polar surface area (TPSA) is 99.9 Å². The van der Waals surface area contributed by atoms with Gasteiger partial charge in [-0.25, -0.2) is 4.79 Å². The molecule has 7 heteroatoms. The Morgan fingerprint density at radius 2 is 1.79 bits per heavy atom. The van der Waals surface area contributed by atoms with Crippen LogP contribution in [0.1, 0.15) is 10.5 Å². The van der Waals surface area contributed by atoms with Gasteiger partial charge in [-0.15, -0.1) is 5.11 Å². The summed E-state index contributed by atoms with van der Waals surface area (Å²) in [4.78, 5) is 11.4. The predicted molar refractivity (Wildman–Crippen MR) is 88.2 cm³/mol. The average Bonchev–Trinajstić information content (AvgIpc) is 3.05. The zero-order valence-corrected chi connectivity index (χ0v) is 12.8. The number of methoxy groups -OCH3 is 1. The summed E-state index contributed by atoms with van der Waals surface area (Å²) < 4.78 is 5.12. The minimum absolute atomic E-state index is 0.111. The molecule has 3 rings (SSSR count). The van der Waals surface area contributed by atoms with E-state index in [2.05, 4.69) is 20.4 Å². The number of aromatic carboxylic acids is 1. The minimum atomic E-state index is -1.15. The summed E-state index contributed by atoms with van der Waals surface area (Å²) in [7, 11) is 1.57. The molecule has 0 amide bonds. The molecule has 1 heterocycles. The van der Waals surface area contributed by atoms with Gasteiger partial charge < -0.3 is 9.84 Å². The molecule has 120 valence electrons. The molecule has 0 aliphatic heterocycles. The summed E-state index contributed by atoms with van der Waals surface area (Å²) in [5, 5.41) is 24.1. The number of nitrogens with one attached hydrogen (secondary N) is 1. The van der Waals surface area contributed by atoms with E-state index in [1.165, 1.54) is 0 Å². The lowest BCUT2D eigenvalue weighted by Crippen LogP contribution is -1.96. The van der Waals surface area contributed by atoms with Gasteiger partial charge in [-0.2, -0.15) is 10.2 Å². The monoisotopic (exact) mass is 322 g/mol. The number of hydrogen-bond acceptors (Lipinski definition) is 5. The Morgan fingerprint density at radius 1 is 1.08 bits per heavy atom. The third-order valence-electron chi connectivity index (χ3n) is 3.34. The maximum Gasteiger partial charge on any atom is 0.356 e. The number of carbonyl (C=O) groups is 1. The van der Waals surface area contributed by atoms with Crippen molar-refractivity contribution < 1.29 is 14.6 Å². The van der Waals surface area contributed by atoms with Crippen LogP contribution in [0.2, 0.25) is 0 Å². The first kappa shape index (κ1) is 15.4. The summed E-state index contributed by atoms with van der Waals surface area (Å²) >= 11 is 0. The van der Waals surface area contributed by atoms with Crippen LogP contribution in [0.25, 0.3) is 11.3 Å². The van der Waals surface area contributed by atoms with Gasteiger partial charge in [-0.3, -0.25) is 5.10 Å². The first-order chi connectivity index (χ1) is 11.7. The molecular weight excluding hydrogens is 308 g/mol. The molecule has 0 bridgehead atoms. The molecule has 24 heavy (non-hydrogen) atoms. The molecule has 0 radical (unpaired) electrons. The van der Waals surface area contributed by atoms with Crippen LogP contribution in [-0.2, 0) is 0 Å². The van der Waals surface area contributed by atoms with E-state index < -0.39 is 5.97 Å². The minimum Gasteiger partial charge on any atom is -0.497 e. The molecule has 0 fully saturated rings. The summed E-state index contributed by atoms with van der Waals surface area (Å²) in [6, 6.07) is 16.2. The molecule has 0 saturated heterocycles. The van der Waals surface area contributed by atoms with Crippen LogP contribution in [0.15, 0.2) is 64.8 Å². The Bertz CT molecular complexity index is 871. The van der Waals surface area contributed by atoms with Gasteiger partial charge in [0.2, 0.25) is 0 Å². The van der Waals surface area contributed by atoms with Crippen molar-refractivity contribution >= 4 is 17.3 Å². The Balaban J connectivity index is 2.03. The number of azo groups is 1. The number of benzene rings is 2. The fourth-order valence-electron chi connectivity index (χ4n) is 2.14. The van der Waals surface area contributed by atoms with Gasteiger partial charge in [0, 0.05) is 5.56 Å². The van der Waals surface area contributed by atoms with Crippen molar-refractivity contribution in [2.24, 2.45) is 10.2 Å². The van der Waals surface area contributed by atoms with Gasteiger partial charge in [0.15, 0.2) is 5.69 Å². The Morgan fingerprint density at radius 3 is 2.42 bits per heavy atom. The van der Waals surface area contributed by atoms with E-state index in [-0.39, 0.29) is 11.4 Å². The SMILES string of the molecule is COc1ccc(-c2n[nH]c(C(=O)O)c2N=Nc2ccccc2)cc1. The molecule has 0 aliphatic rings. The second-order valence-corrected chi connectivity index (χ2v) is 4.87. The molecule has 0 atom stereocenters. The zero-order valence-electron chi connectivity index (χ0n) is 12.8. The van der Waals surface area contributed by atoms with Crippen molar-refractivity contribution in [3.63, 3.8) is 0 Å². The Kier molecular flexibility index (Phi) is 4.33. The van der Waals surface area contributed by atoms with Crippen molar-refractivity contribution in [3.8, 4) is 17.0 Å². The summed E-state index contributed by atoms with van der Waals surface area (Å²) in [5.74, 6) is -0.454. The van der Waals surface area contributed by atoms with Crippen LogP contribution in [0, 0.1) is 0 Å². The highest BCUT2D eigenvalue weighted by Gasteiger charge is 2.20. The molecule has 2 aromatic carbocycles. The van der Waals surface area contributed by atoms with Crippen molar-refractivity contribution in [1.82, 2.24) is 10.2 Å². The summed E-state index contributed by atoms with van der Waals surface area (Å²) in [5.41, 5.74) is 1.81. The maximum absolute atomic E-state index is 11.4. The van der Waals surface area contributed by atoms with Gasteiger partial charge in [0.1, 0.15) is 17.1 Å². The van der Waals surface area contributed by atoms with Crippen LogP contribution in [-0.4, -0.2) is 28.4 Å². The number of rotatable bonds is 5. The van der Waals surface area contributed by atoms with Crippen molar-refractivity contribution in [2.75, 3.05) is 7.11 Å². The highest BCUT2D eigenvalue weighted by molar-refractivity contribution is 5.95. The fourth-order valence-corrected chi connectivity index (χ4v) is 2.14. The second-order valence-electron chi connectivity index (χ2n) is 4.87. The van der Waals surface area contributed by atoms with Crippen LogP contribution in [0.4, 0.5) is 11.4 Å². The smallest absolute Gasteiger partial charge is 0.356 e. The molecule has 0 unspecified atom stereocenters. The summed E-state index contributed by atoms with van der Waals surface area (Å²) in [6.07, 6.45) is 0. The third-order valence-corrected chi connectivity index (χ3v) is 3.34. The molecule has 0 aliphatic carbocycles. The Hall–Kier alpha value is -3.48. The van der Waals surface area contributed by atoms with Crippen LogP contribution in [0.3, 0.4) is 0 Å². The highest BCUT2D eigenvalue weighted by Crippen LogP contribution is 2.33. The quantitative estimate of drug-likeness (QED) is 0.687. The van der Waals surface area contributed by atoms with E-state index in [9.17, 15) is 9.90 Å². The second kappa shape index (κ2) is 6.74. The number of hydrogen-bond donors (Lipinski definition) is 2. The van der Waals surface area contributed by atoms with E-state index in [4.69, 9.17) is 4.74 Å². The zero-order chi connectivity index (χ0) is 16.9. The molecular formula is C17H14N4O3. The number of H-pyrrole nitrogens is 1. The van der Waals surface area contributed by atoms with Gasteiger partial charge in [0.05, 0.1) is 12.8 Å². The van der Waals surface area contributed by atoms with Crippen molar-refractivity contribution in [3.05, 3.63) is 60.3 Å². The van der Waals surface area contributed by atoms with Gasteiger partial charge in [-0.1, -0.05) is 18.2 Å². The average molecular weight is 322 g/mol.